The van der Waals surface area contributed by atoms with Crippen molar-refractivity contribution in [1.82, 2.24) is 5.54 Å². The summed E-state index contributed by atoms with van der Waals surface area (Å²) in [5, 5.41) is 0. The highest BCUT2D eigenvalue weighted by atomic mass is 19.4. The van der Waals surface area contributed by atoms with Crippen molar-refractivity contribution in [2.75, 3.05) is 0 Å². The van der Waals surface area contributed by atoms with Gasteiger partial charge in [-0.3, -0.25) is 4.79 Å². The molecule has 7 heteroatoms. The van der Waals surface area contributed by atoms with E-state index in [0.717, 1.165) is 17.7 Å². The maximum Gasteiger partial charge on any atom is 0.572 e. The predicted molar refractivity (Wildman–Crippen MR) is 37.2 cm³/mol. The van der Waals surface area contributed by atoms with Gasteiger partial charge in [0.1, 0.15) is 11.5 Å². The predicted octanol–water partition coefficient (Wildman–Crippen LogP) is 1.74. The van der Waals surface area contributed by atoms with E-state index in [-0.39, 0.29) is 5.70 Å². The van der Waals surface area contributed by atoms with E-state index in [1.807, 2.05) is 0 Å². The molecule has 78 valence electrons. The Hall–Kier alpha value is -1.53. The fraction of sp³-hybridized carbons (Fsp3) is 0.286. The van der Waals surface area contributed by atoms with E-state index in [1.165, 1.54) is 0 Å². The minimum Gasteiger partial charge on any atom is -0.410 e. The van der Waals surface area contributed by atoms with Crippen LogP contribution in [0.15, 0.2) is 23.6 Å². The first kappa shape index (κ1) is 10.6. The zero-order valence-electron chi connectivity index (χ0n) is 6.69. The number of allylic oxidation sites excluding steroid dienone is 4. The van der Waals surface area contributed by atoms with Gasteiger partial charge in [0.25, 0.3) is 0 Å². The van der Waals surface area contributed by atoms with Crippen LogP contribution in [0.5, 0.6) is 0 Å². The van der Waals surface area contributed by atoms with Crippen LogP contribution in [0.3, 0.4) is 0 Å². The minimum atomic E-state index is -4.83. The molecule has 0 radical (unpaired) electrons. The van der Waals surface area contributed by atoms with E-state index < -0.39 is 24.3 Å². The molecule has 0 saturated carbocycles. The number of hydrogen-bond acceptors (Lipinski definition) is 3. The summed E-state index contributed by atoms with van der Waals surface area (Å²) in [7, 11) is 0. The van der Waals surface area contributed by atoms with Crippen LogP contribution >= 0.6 is 0 Å². The fourth-order valence-electron chi connectivity index (χ4n) is 0.885. The number of ketones is 1. The molecule has 1 rings (SSSR count). The Morgan fingerprint density at radius 3 is 2.43 bits per heavy atom. The van der Waals surface area contributed by atoms with Gasteiger partial charge in [0.2, 0.25) is 0 Å². The van der Waals surface area contributed by atoms with Gasteiger partial charge in [0.15, 0.2) is 5.78 Å². The largest absolute Gasteiger partial charge is 0.572 e. The van der Waals surface area contributed by atoms with Crippen molar-refractivity contribution in [2.45, 2.75) is 12.8 Å². The molecule has 0 spiro atoms. The summed E-state index contributed by atoms with van der Waals surface area (Å²) in [4.78, 5) is 10.9. The first-order chi connectivity index (χ1) is 6.42. The number of ether oxygens (including phenoxy) is 1. The molecule has 0 aromatic rings. The number of carbonyl (C=O) groups excluding carboxylic acids is 1. The quantitative estimate of drug-likeness (QED) is 0.558. The van der Waals surface area contributed by atoms with E-state index in [9.17, 15) is 22.4 Å². The zero-order chi connectivity index (χ0) is 10.8. The second-order valence-electron chi connectivity index (χ2n) is 2.46. The lowest BCUT2D eigenvalue weighted by atomic mass is 10.1. The van der Waals surface area contributed by atoms with Crippen LogP contribution in [0.4, 0.5) is 17.7 Å². The van der Waals surface area contributed by atoms with Crippen LogP contribution in [0, 0.1) is 0 Å². The number of rotatable bonds is 2. The molecule has 0 aliphatic heterocycles. The summed E-state index contributed by atoms with van der Waals surface area (Å²) < 4.78 is 50.2. The molecule has 14 heavy (non-hydrogen) atoms. The van der Waals surface area contributed by atoms with Gasteiger partial charge in [0.05, 0.1) is 6.42 Å². The number of Topliss-reactive ketones (excluding diaryl/α,β-unsaturated/α-hetero) is 1. The Morgan fingerprint density at radius 1 is 1.36 bits per heavy atom. The van der Waals surface area contributed by atoms with E-state index >= 15 is 0 Å². The third-order valence-corrected chi connectivity index (χ3v) is 1.42. The summed E-state index contributed by atoms with van der Waals surface area (Å²) >= 11 is 0. The van der Waals surface area contributed by atoms with Crippen molar-refractivity contribution in [3.05, 3.63) is 23.6 Å². The zero-order valence-corrected chi connectivity index (χ0v) is 6.69. The molecule has 0 heterocycles. The van der Waals surface area contributed by atoms with Crippen LogP contribution in [-0.4, -0.2) is 12.1 Å². The second kappa shape index (κ2) is 3.69. The number of alkyl halides is 3. The smallest absolute Gasteiger partial charge is 0.410 e. The lowest BCUT2D eigenvalue weighted by Gasteiger charge is -2.14. The lowest BCUT2D eigenvalue weighted by molar-refractivity contribution is -0.306. The van der Waals surface area contributed by atoms with Crippen molar-refractivity contribution in [2.24, 2.45) is 0 Å². The SMILES string of the molecule is O=C1CC(OC(F)(F)F)=CC=C1NF. The van der Waals surface area contributed by atoms with Crippen molar-refractivity contribution in [3.63, 3.8) is 0 Å². The molecular formula is C7H5F4NO2. The topological polar surface area (TPSA) is 38.3 Å². The third-order valence-electron chi connectivity index (χ3n) is 1.42. The Labute approximate surface area is 76.0 Å². The van der Waals surface area contributed by atoms with Gasteiger partial charge in [-0.15, -0.1) is 17.7 Å². The van der Waals surface area contributed by atoms with Crippen molar-refractivity contribution in [3.8, 4) is 0 Å². The molecular weight excluding hydrogens is 206 g/mol. The summed E-state index contributed by atoms with van der Waals surface area (Å²) in [6.45, 7) is 0. The molecule has 0 atom stereocenters. The standard InChI is InChI=1S/C7H5F4NO2/c8-7(9,10)14-4-1-2-5(12-11)6(13)3-4/h1-2,12H,3H2. The highest BCUT2D eigenvalue weighted by Crippen LogP contribution is 2.25. The Morgan fingerprint density at radius 2 is 2.00 bits per heavy atom. The van der Waals surface area contributed by atoms with Crippen molar-refractivity contribution >= 4 is 5.78 Å². The normalized spacial score (nSPS) is 17.3. The van der Waals surface area contributed by atoms with E-state index in [4.69, 9.17) is 0 Å². The van der Waals surface area contributed by atoms with E-state index in [1.54, 1.807) is 0 Å². The minimum absolute atomic E-state index is 0.389. The third kappa shape index (κ3) is 2.75. The van der Waals surface area contributed by atoms with E-state index in [2.05, 4.69) is 4.74 Å². The Bertz CT molecular complexity index is 305. The van der Waals surface area contributed by atoms with Crippen LogP contribution < -0.4 is 5.54 Å². The number of carbonyl (C=O) groups is 1. The molecule has 1 aliphatic carbocycles. The molecule has 0 fully saturated rings. The molecule has 0 amide bonds. The van der Waals surface area contributed by atoms with Gasteiger partial charge in [-0.25, -0.2) is 5.54 Å². The molecule has 0 saturated heterocycles. The monoisotopic (exact) mass is 211 g/mol. The summed E-state index contributed by atoms with van der Waals surface area (Å²) in [6.07, 6.45) is -3.67. The average Bonchev–Trinajstić information content (AvgIpc) is 2.01. The number of halogens is 4. The molecule has 1 aliphatic rings. The first-order valence-corrected chi connectivity index (χ1v) is 3.49. The molecule has 3 nitrogen and oxygen atoms in total. The van der Waals surface area contributed by atoms with Crippen LogP contribution in [-0.2, 0) is 9.53 Å². The molecule has 0 aromatic carbocycles. The van der Waals surface area contributed by atoms with Gasteiger partial charge < -0.3 is 4.74 Å². The van der Waals surface area contributed by atoms with Gasteiger partial charge in [-0.05, 0) is 12.2 Å². The average molecular weight is 211 g/mol. The Balaban J connectivity index is 2.72. The van der Waals surface area contributed by atoms with Gasteiger partial charge >= 0.3 is 6.36 Å². The molecule has 0 bridgehead atoms. The summed E-state index contributed by atoms with van der Waals surface area (Å²) in [5.74, 6) is -1.35. The maximum atomic E-state index is 11.8. The Kier molecular flexibility index (Phi) is 2.78. The van der Waals surface area contributed by atoms with Crippen LogP contribution in [0.25, 0.3) is 0 Å². The van der Waals surface area contributed by atoms with Crippen LogP contribution in [0.1, 0.15) is 6.42 Å². The number of nitrogens with one attached hydrogen (secondary N) is 1. The molecule has 1 N–H and O–H groups in total. The van der Waals surface area contributed by atoms with Crippen molar-refractivity contribution in [1.29, 1.82) is 0 Å². The van der Waals surface area contributed by atoms with Crippen LogP contribution in [0.2, 0.25) is 0 Å². The molecule has 0 unspecified atom stereocenters. The molecule has 0 aromatic heterocycles. The second-order valence-corrected chi connectivity index (χ2v) is 2.46. The number of hydrogen-bond donors (Lipinski definition) is 1. The van der Waals surface area contributed by atoms with E-state index in [0.29, 0.717) is 0 Å². The summed E-state index contributed by atoms with van der Waals surface area (Å²) in [5.41, 5.74) is 0.678. The highest BCUT2D eigenvalue weighted by Gasteiger charge is 2.33. The lowest BCUT2D eigenvalue weighted by Crippen LogP contribution is -2.20. The highest BCUT2D eigenvalue weighted by molar-refractivity contribution is 5.97. The van der Waals surface area contributed by atoms with Gasteiger partial charge in [-0.1, -0.05) is 0 Å². The van der Waals surface area contributed by atoms with Gasteiger partial charge in [-0.2, -0.15) is 0 Å². The summed E-state index contributed by atoms with van der Waals surface area (Å²) in [6, 6.07) is 0. The maximum absolute atomic E-state index is 11.8. The fourth-order valence-corrected chi connectivity index (χ4v) is 0.885. The van der Waals surface area contributed by atoms with Crippen molar-refractivity contribution < 1.29 is 27.2 Å². The van der Waals surface area contributed by atoms with Gasteiger partial charge in [0, 0.05) is 0 Å². The first-order valence-electron chi connectivity index (χ1n) is 3.49.